The molecular formula is C19H18ClN3O3. The number of aromatic nitrogens is 2. The second-order valence-corrected chi connectivity index (χ2v) is 6.41. The second kappa shape index (κ2) is 7.17. The van der Waals surface area contributed by atoms with Crippen molar-refractivity contribution in [3.05, 3.63) is 69.0 Å². The molecule has 0 saturated heterocycles. The van der Waals surface area contributed by atoms with Gasteiger partial charge < -0.3 is 9.64 Å². The molecule has 0 fully saturated rings. The molecule has 3 rings (SSSR count). The van der Waals surface area contributed by atoms with Crippen molar-refractivity contribution in [3.63, 3.8) is 0 Å². The molecule has 1 heterocycles. The summed E-state index contributed by atoms with van der Waals surface area (Å²) in [5.74, 6) is 0.299. The molecule has 1 amide bonds. The SMILES string of the molecule is COc1ccc(CN(C)C(=O)c2nn(C)c3ccc(Cl)cc3c2=O)cc1. The lowest BCUT2D eigenvalue weighted by molar-refractivity contribution is 0.0776. The van der Waals surface area contributed by atoms with E-state index in [0.717, 1.165) is 11.3 Å². The van der Waals surface area contributed by atoms with Gasteiger partial charge in [-0.15, -0.1) is 0 Å². The Hall–Kier alpha value is -2.86. The van der Waals surface area contributed by atoms with Gasteiger partial charge in [-0.05, 0) is 35.9 Å². The average Bonchev–Trinajstić information content (AvgIpc) is 2.64. The topological polar surface area (TPSA) is 64.4 Å². The number of methoxy groups -OCH3 is 1. The Morgan fingerprint density at radius 2 is 1.92 bits per heavy atom. The number of benzene rings is 2. The van der Waals surface area contributed by atoms with E-state index in [1.807, 2.05) is 24.3 Å². The van der Waals surface area contributed by atoms with Crippen molar-refractivity contribution >= 4 is 28.4 Å². The maximum absolute atomic E-state index is 12.8. The molecule has 6 nitrogen and oxygen atoms in total. The maximum atomic E-state index is 12.8. The van der Waals surface area contributed by atoms with Gasteiger partial charge in [-0.3, -0.25) is 14.3 Å². The van der Waals surface area contributed by atoms with Crippen LogP contribution in [0.5, 0.6) is 5.75 Å². The van der Waals surface area contributed by atoms with E-state index in [4.69, 9.17) is 16.3 Å². The Morgan fingerprint density at radius 3 is 2.58 bits per heavy atom. The number of hydrogen-bond donors (Lipinski definition) is 0. The van der Waals surface area contributed by atoms with Crippen LogP contribution in [0.2, 0.25) is 5.02 Å². The zero-order valence-electron chi connectivity index (χ0n) is 14.7. The molecule has 0 aliphatic carbocycles. The van der Waals surface area contributed by atoms with E-state index in [9.17, 15) is 9.59 Å². The largest absolute Gasteiger partial charge is 0.497 e. The standard InChI is InChI=1S/C19H18ClN3O3/c1-22(11-12-4-7-14(26-3)8-5-12)19(25)17-18(24)15-10-13(20)6-9-16(15)23(2)21-17/h4-10H,11H2,1-3H3. The Kier molecular flexibility index (Phi) is 4.95. The first-order valence-electron chi connectivity index (χ1n) is 7.95. The molecule has 7 heteroatoms. The minimum atomic E-state index is -0.441. The number of amides is 1. The molecule has 3 aromatic rings. The van der Waals surface area contributed by atoms with E-state index in [0.29, 0.717) is 22.5 Å². The van der Waals surface area contributed by atoms with E-state index >= 15 is 0 Å². The highest BCUT2D eigenvalue weighted by Gasteiger charge is 2.20. The summed E-state index contributed by atoms with van der Waals surface area (Å²) < 4.78 is 6.64. The summed E-state index contributed by atoms with van der Waals surface area (Å²) in [7, 11) is 4.92. The molecule has 0 radical (unpaired) electrons. The van der Waals surface area contributed by atoms with Crippen LogP contribution in [-0.2, 0) is 13.6 Å². The molecular weight excluding hydrogens is 354 g/mol. The van der Waals surface area contributed by atoms with Crippen molar-refractivity contribution in [2.75, 3.05) is 14.2 Å². The lowest BCUT2D eigenvalue weighted by atomic mass is 10.1. The molecule has 0 N–H and O–H groups in total. The highest BCUT2D eigenvalue weighted by atomic mass is 35.5. The zero-order valence-corrected chi connectivity index (χ0v) is 15.4. The van der Waals surface area contributed by atoms with Crippen molar-refractivity contribution in [1.82, 2.24) is 14.7 Å². The number of aryl methyl sites for hydroxylation is 1. The number of hydrogen-bond acceptors (Lipinski definition) is 4. The molecule has 0 aliphatic heterocycles. The normalized spacial score (nSPS) is 10.8. The molecule has 0 spiro atoms. The summed E-state index contributed by atoms with van der Waals surface area (Å²) in [5, 5.41) is 4.98. The van der Waals surface area contributed by atoms with Gasteiger partial charge in [0.25, 0.3) is 5.91 Å². The molecule has 2 aromatic carbocycles. The van der Waals surface area contributed by atoms with Crippen molar-refractivity contribution in [2.24, 2.45) is 7.05 Å². The lowest BCUT2D eigenvalue weighted by Crippen LogP contribution is -2.33. The summed E-state index contributed by atoms with van der Waals surface area (Å²) in [6.07, 6.45) is 0. The van der Waals surface area contributed by atoms with Crippen LogP contribution in [-0.4, -0.2) is 34.7 Å². The van der Waals surface area contributed by atoms with Crippen LogP contribution in [0, 0.1) is 0 Å². The number of carbonyl (C=O) groups excluding carboxylic acids is 1. The third kappa shape index (κ3) is 3.41. The number of ether oxygens (including phenoxy) is 1. The first-order chi connectivity index (χ1) is 12.4. The maximum Gasteiger partial charge on any atom is 0.278 e. The zero-order chi connectivity index (χ0) is 18.8. The Balaban J connectivity index is 1.93. The van der Waals surface area contributed by atoms with Gasteiger partial charge in [0, 0.05) is 25.7 Å². The van der Waals surface area contributed by atoms with Crippen molar-refractivity contribution in [2.45, 2.75) is 6.54 Å². The first-order valence-corrected chi connectivity index (χ1v) is 8.33. The number of carbonyl (C=O) groups is 1. The fourth-order valence-electron chi connectivity index (χ4n) is 2.75. The van der Waals surface area contributed by atoms with Crippen LogP contribution in [0.15, 0.2) is 47.3 Å². The quantitative estimate of drug-likeness (QED) is 0.707. The van der Waals surface area contributed by atoms with Crippen LogP contribution in [0.3, 0.4) is 0 Å². The number of rotatable bonds is 4. The molecule has 1 aromatic heterocycles. The molecule has 0 unspecified atom stereocenters. The van der Waals surface area contributed by atoms with Gasteiger partial charge in [0.1, 0.15) is 5.75 Å². The van der Waals surface area contributed by atoms with Gasteiger partial charge in [-0.2, -0.15) is 5.10 Å². The molecule has 0 aliphatic rings. The smallest absolute Gasteiger partial charge is 0.278 e. The van der Waals surface area contributed by atoms with Crippen LogP contribution in [0.25, 0.3) is 10.9 Å². The highest BCUT2D eigenvalue weighted by Crippen LogP contribution is 2.17. The summed E-state index contributed by atoms with van der Waals surface area (Å²) in [6.45, 7) is 0.348. The number of fused-ring (bicyclic) bond motifs is 1. The minimum absolute atomic E-state index is 0.127. The lowest BCUT2D eigenvalue weighted by Gasteiger charge is -2.17. The fraction of sp³-hybridized carbons (Fsp3) is 0.211. The van der Waals surface area contributed by atoms with E-state index in [1.54, 1.807) is 39.4 Å². The third-order valence-electron chi connectivity index (χ3n) is 4.15. The van der Waals surface area contributed by atoms with Gasteiger partial charge in [-0.25, -0.2) is 0 Å². The van der Waals surface area contributed by atoms with Crippen LogP contribution in [0.4, 0.5) is 0 Å². The summed E-state index contributed by atoms with van der Waals surface area (Å²) in [5.41, 5.74) is 0.988. The molecule has 26 heavy (non-hydrogen) atoms. The van der Waals surface area contributed by atoms with Crippen molar-refractivity contribution < 1.29 is 9.53 Å². The van der Waals surface area contributed by atoms with E-state index < -0.39 is 11.3 Å². The second-order valence-electron chi connectivity index (χ2n) is 5.97. The van der Waals surface area contributed by atoms with Crippen LogP contribution in [0.1, 0.15) is 16.1 Å². The fourth-order valence-corrected chi connectivity index (χ4v) is 2.92. The van der Waals surface area contributed by atoms with E-state index in [1.165, 1.54) is 9.58 Å². The number of nitrogens with zero attached hydrogens (tertiary/aromatic N) is 3. The Morgan fingerprint density at radius 1 is 1.23 bits per heavy atom. The van der Waals surface area contributed by atoms with Crippen LogP contribution >= 0.6 is 11.6 Å². The Labute approximate surface area is 155 Å². The molecule has 0 atom stereocenters. The monoisotopic (exact) mass is 371 g/mol. The van der Waals surface area contributed by atoms with Gasteiger partial charge in [-0.1, -0.05) is 23.7 Å². The Bertz CT molecular complexity index is 1030. The third-order valence-corrected chi connectivity index (χ3v) is 4.38. The predicted octanol–water partition coefficient (Wildman–Crippen LogP) is 2.87. The average molecular weight is 372 g/mol. The van der Waals surface area contributed by atoms with E-state index in [2.05, 4.69) is 5.10 Å². The summed E-state index contributed by atoms with van der Waals surface area (Å²) in [4.78, 5) is 26.9. The number of halogens is 1. The van der Waals surface area contributed by atoms with Gasteiger partial charge in [0.05, 0.1) is 18.0 Å². The van der Waals surface area contributed by atoms with Crippen molar-refractivity contribution in [1.29, 1.82) is 0 Å². The molecule has 0 bridgehead atoms. The van der Waals surface area contributed by atoms with Gasteiger partial charge in [0.15, 0.2) is 5.69 Å². The first kappa shape index (κ1) is 17.9. The van der Waals surface area contributed by atoms with E-state index in [-0.39, 0.29) is 5.69 Å². The summed E-state index contributed by atoms with van der Waals surface area (Å²) >= 11 is 6.00. The van der Waals surface area contributed by atoms with Gasteiger partial charge >= 0.3 is 0 Å². The van der Waals surface area contributed by atoms with Crippen molar-refractivity contribution in [3.8, 4) is 5.75 Å². The summed E-state index contributed by atoms with van der Waals surface area (Å²) in [6, 6.07) is 12.3. The van der Waals surface area contributed by atoms with Gasteiger partial charge in [0.2, 0.25) is 5.43 Å². The minimum Gasteiger partial charge on any atom is -0.497 e. The molecule has 0 saturated carbocycles. The molecule has 134 valence electrons. The van der Waals surface area contributed by atoms with Crippen LogP contribution < -0.4 is 10.2 Å². The predicted molar refractivity (Wildman–Crippen MR) is 101 cm³/mol. The highest BCUT2D eigenvalue weighted by molar-refractivity contribution is 6.31.